The van der Waals surface area contributed by atoms with Crippen molar-refractivity contribution < 1.29 is 4.74 Å². The third kappa shape index (κ3) is 3.04. The van der Waals surface area contributed by atoms with Crippen LogP contribution < -0.4 is 4.74 Å². The molecule has 7 aromatic rings. The smallest absolute Gasteiger partial charge is 0.220 e. The first-order chi connectivity index (χ1) is 17.3. The molecule has 3 aromatic heterocycles. The average molecular weight is 456 g/mol. The minimum atomic E-state index is 0.715. The summed E-state index contributed by atoms with van der Waals surface area (Å²) < 4.78 is 12.8. The lowest BCUT2D eigenvalue weighted by Crippen LogP contribution is -1.94. The van der Waals surface area contributed by atoms with Crippen molar-refractivity contribution >= 4 is 27.8 Å². The number of hydrogen-bond acceptors (Lipinski definition) is 3. The summed E-state index contributed by atoms with van der Waals surface area (Å²) in [5, 5.41) is 0. The van der Waals surface area contributed by atoms with Crippen LogP contribution in [0.3, 0.4) is 0 Å². The highest BCUT2D eigenvalue weighted by Gasteiger charge is 2.19. The first kappa shape index (κ1) is 19.6. The van der Waals surface area contributed by atoms with Gasteiger partial charge in [0.05, 0.1) is 16.6 Å². The lowest BCUT2D eigenvalue weighted by Gasteiger charge is -2.09. The molecule has 0 spiro atoms. The number of para-hydroxylation sites is 4. The van der Waals surface area contributed by atoms with Crippen molar-refractivity contribution in [3.8, 4) is 28.6 Å². The molecule has 0 saturated carbocycles. The molecule has 0 atom stereocenters. The number of ether oxygens (including phenoxy) is 1. The van der Waals surface area contributed by atoms with Gasteiger partial charge in [-0.25, -0.2) is 9.97 Å². The summed E-state index contributed by atoms with van der Waals surface area (Å²) in [7, 11) is 1.99. The standard InChI is InChI=1S/C29H21N5O/c1-32-18-17-30-28(32)20-9-7-12-22(19-20)35-26-16-8-15-25-27(26)31-29-33(21-10-3-2-4-11-21)23-13-5-6-14-24(23)34(25)29/h2-19H,1H3. The van der Waals surface area contributed by atoms with E-state index in [9.17, 15) is 0 Å². The summed E-state index contributed by atoms with van der Waals surface area (Å²) in [6, 6.07) is 32.8. The summed E-state index contributed by atoms with van der Waals surface area (Å²) in [6.07, 6.45) is 3.74. The van der Waals surface area contributed by atoms with Gasteiger partial charge >= 0.3 is 0 Å². The minimum absolute atomic E-state index is 0.715. The zero-order chi connectivity index (χ0) is 23.4. The second-order valence-electron chi connectivity index (χ2n) is 8.52. The topological polar surface area (TPSA) is 49.3 Å². The van der Waals surface area contributed by atoms with Crippen LogP contribution >= 0.6 is 0 Å². The second-order valence-corrected chi connectivity index (χ2v) is 8.52. The van der Waals surface area contributed by atoms with Crippen molar-refractivity contribution in [3.63, 3.8) is 0 Å². The van der Waals surface area contributed by atoms with Crippen molar-refractivity contribution in [3.05, 3.63) is 109 Å². The van der Waals surface area contributed by atoms with Crippen molar-refractivity contribution in [1.82, 2.24) is 23.5 Å². The van der Waals surface area contributed by atoms with E-state index in [1.807, 2.05) is 72.4 Å². The average Bonchev–Trinajstić information content (AvgIpc) is 3.58. The summed E-state index contributed by atoms with van der Waals surface area (Å²) in [5.41, 5.74) is 6.10. The lowest BCUT2D eigenvalue weighted by molar-refractivity contribution is 0.487. The van der Waals surface area contributed by atoms with Crippen molar-refractivity contribution in [1.29, 1.82) is 0 Å². The Morgan fingerprint density at radius 3 is 2.34 bits per heavy atom. The molecule has 3 heterocycles. The van der Waals surface area contributed by atoms with Crippen LogP contribution in [0.2, 0.25) is 0 Å². The molecule has 0 bridgehead atoms. The van der Waals surface area contributed by atoms with Crippen molar-refractivity contribution in [2.45, 2.75) is 0 Å². The van der Waals surface area contributed by atoms with Crippen LogP contribution in [0.25, 0.3) is 44.9 Å². The second kappa shape index (κ2) is 7.60. The molecular formula is C29H21N5O. The molecular weight excluding hydrogens is 434 g/mol. The molecule has 6 nitrogen and oxygen atoms in total. The van der Waals surface area contributed by atoms with E-state index >= 15 is 0 Å². The Labute approximate surface area is 201 Å². The minimum Gasteiger partial charge on any atom is -0.455 e. The zero-order valence-electron chi connectivity index (χ0n) is 19.0. The molecule has 0 aliphatic heterocycles. The van der Waals surface area contributed by atoms with E-state index in [4.69, 9.17) is 9.72 Å². The zero-order valence-corrected chi connectivity index (χ0v) is 19.0. The van der Waals surface area contributed by atoms with E-state index in [-0.39, 0.29) is 0 Å². The third-order valence-electron chi connectivity index (χ3n) is 6.35. The molecule has 0 N–H and O–H groups in total. The van der Waals surface area contributed by atoms with Gasteiger partial charge in [-0.05, 0) is 48.5 Å². The molecule has 0 aliphatic carbocycles. The van der Waals surface area contributed by atoms with E-state index in [0.717, 1.165) is 50.7 Å². The number of nitrogens with zero attached hydrogens (tertiary/aromatic N) is 5. The Kier molecular flexibility index (Phi) is 4.26. The molecule has 0 unspecified atom stereocenters. The normalized spacial score (nSPS) is 11.6. The Hall–Kier alpha value is -4.84. The quantitative estimate of drug-likeness (QED) is 0.299. The van der Waals surface area contributed by atoms with Crippen LogP contribution in [-0.4, -0.2) is 23.5 Å². The predicted octanol–water partition coefficient (Wildman–Crippen LogP) is 6.62. The van der Waals surface area contributed by atoms with Crippen molar-refractivity contribution in [2.24, 2.45) is 7.05 Å². The number of imidazole rings is 3. The summed E-state index contributed by atoms with van der Waals surface area (Å²) in [4.78, 5) is 9.56. The monoisotopic (exact) mass is 455 g/mol. The van der Waals surface area contributed by atoms with Gasteiger partial charge < -0.3 is 9.30 Å². The summed E-state index contributed by atoms with van der Waals surface area (Å²) >= 11 is 0. The fraction of sp³-hybridized carbons (Fsp3) is 0.0345. The van der Waals surface area contributed by atoms with E-state index in [1.54, 1.807) is 6.20 Å². The van der Waals surface area contributed by atoms with E-state index < -0.39 is 0 Å². The van der Waals surface area contributed by atoms with Crippen molar-refractivity contribution in [2.75, 3.05) is 0 Å². The SMILES string of the molecule is Cn1ccnc1-c1cccc(Oc2cccc3c2nc2n(-c4ccccc4)c4ccccc4n32)c1. The Morgan fingerprint density at radius 1 is 0.743 bits per heavy atom. The van der Waals surface area contributed by atoms with E-state index in [0.29, 0.717) is 5.75 Å². The van der Waals surface area contributed by atoms with Gasteiger partial charge in [0.15, 0.2) is 5.75 Å². The Balaban J connectivity index is 1.42. The molecule has 0 aliphatic rings. The highest BCUT2D eigenvalue weighted by Crippen LogP contribution is 2.35. The lowest BCUT2D eigenvalue weighted by atomic mass is 10.2. The fourth-order valence-electron chi connectivity index (χ4n) is 4.78. The van der Waals surface area contributed by atoms with E-state index in [1.165, 1.54) is 0 Å². The van der Waals surface area contributed by atoms with E-state index in [2.05, 4.69) is 56.4 Å². The van der Waals surface area contributed by atoms with Gasteiger partial charge in [0.25, 0.3) is 0 Å². The molecule has 7 rings (SSSR count). The maximum atomic E-state index is 6.40. The first-order valence-electron chi connectivity index (χ1n) is 11.5. The predicted molar refractivity (Wildman–Crippen MR) is 138 cm³/mol. The molecule has 0 radical (unpaired) electrons. The Morgan fingerprint density at radius 2 is 1.51 bits per heavy atom. The van der Waals surface area contributed by atoms with Gasteiger partial charge in [-0.2, -0.15) is 0 Å². The van der Waals surface area contributed by atoms with Crippen LogP contribution in [0.15, 0.2) is 109 Å². The number of rotatable bonds is 4. The van der Waals surface area contributed by atoms with Gasteiger partial charge in [0.1, 0.15) is 17.1 Å². The van der Waals surface area contributed by atoms with Gasteiger partial charge in [-0.1, -0.05) is 48.5 Å². The molecule has 6 heteroatoms. The van der Waals surface area contributed by atoms with Gasteiger partial charge in [-0.15, -0.1) is 0 Å². The highest BCUT2D eigenvalue weighted by molar-refractivity contribution is 5.94. The van der Waals surface area contributed by atoms with Gasteiger partial charge in [-0.3, -0.25) is 8.97 Å². The third-order valence-corrected chi connectivity index (χ3v) is 6.35. The number of benzene rings is 4. The van der Waals surface area contributed by atoms with Crippen LogP contribution in [0.5, 0.6) is 11.5 Å². The Bertz CT molecular complexity index is 1840. The largest absolute Gasteiger partial charge is 0.455 e. The number of aromatic nitrogens is 5. The number of hydrogen-bond donors (Lipinski definition) is 0. The summed E-state index contributed by atoms with van der Waals surface area (Å²) in [5.74, 6) is 3.20. The molecule has 0 saturated heterocycles. The maximum absolute atomic E-state index is 6.40. The first-order valence-corrected chi connectivity index (χ1v) is 11.5. The van der Waals surface area contributed by atoms with Crippen LogP contribution in [0.1, 0.15) is 0 Å². The maximum Gasteiger partial charge on any atom is 0.220 e. The van der Waals surface area contributed by atoms with Crippen LogP contribution in [-0.2, 0) is 7.05 Å². The summed E-state index contributed by atoms with van der Waals surface area (Å²) in [6.45, 7) is 0. The molecule has 0 amide bonds. The van der Waals surface area contributed by atoms with Crippen LogP contribution in [0, 0.1) is 0 Å². The fourth-order valence-corrected chi connectivity index (χ4v) is 4.78. The van der Waals surface area contributed by atoms with Gasteiger partial charge in [0, 0.05) is 30.7 Å². The molecule has 35 heavy (non-hydrogen) atoms. The highest BCUT2D eigenvalue weighted by atomic mass is 16.5. The van der Waals surface area contributed by atoms with Gasteiger partial charge in [0.2, 0.25) is 5.78 Å². The number of fused-ring (bicyclic) bond motifs is 5. The molecule has 0 fully saturated rings. The molecule has 4 aromatic carbocycles. The van der Waals surface area contributed by atoms with Crippen LogP contribution in [0.4, 0.5) is 0 Å². The number of aryl methyl sites for hydroxylation is 1. The molecule has 168 valence electrons.